The SMILES string of the molecule is C=CCN(Cc1ccccc1)C(=O)[C@@H]1[C@H]2C(=O)N([C@H](CO)c3ccccc3)C(C(=O)N(CC=C)C(C)C)C23CC[C@H]1O3. The van der Waals surface area contributed by atoms with Gasteiger partial charge in [-0.3, -0.25) is 14.4 Å². The lowest BCUT2D eigenvalue weighted by Crippen LogP contribution is -2.58. The normalized spacial score (nSPS) is 26.7. The number of aliphatic hydroxyl groups excluding tert-OH is 1. The fourth-order valence-corrected chi connectivity index (χ4v) is 7.27. The second-order valence-electron chi connectivity index (χ2n) is 11.8. The quantitative estimate of drug-likeness (QED) is 0.392. The first kappa shape index (κ1) is 29.7. The van der Waals surface area contributed by atoms with Crippen LogP contribution in [0.15, 0.2) is 86.0 Å². The number of fused-ring (bicyclic) bond motifs is 1. The number of hydrogen-bond acceptors (Lipinski definition) is 5. The molecule has 3 fully saturated rings. The van der Waals surface area contributed by atoms with Crippen molar-refractivity contribution in [2.24, 2.45) is 11.8 Å². The lowest BCUT2D eigenvalue weighted by molar-refractivity contribution is -0.153. The summed E-state index contributed by atoms with van der Waals surface area (Å²) >= 11 is 0. The third-order valence-electron chi connectivity index (χ3n) is 9.06. The molecule has 3 saturated heterocycles. The summed E-state index contributed by atoms with van der Waals surface area (Å²) in [5, 5.41) is 10.7. The van der Waals surface area contributed by atoms with E-state index in [2.05, 4.69) is 13.2 Å². The van der Waals surface area contributed by atoms with Crippen LogP contribution in [0, 0.1) is 11.8 Å². The first-order chi connectivity index (χ1) is 20.3. The molecule has 2 aromatic rings. The summed E-state index contributed by atoms with van der Waals surface area (Å²) in [6.45, 7) is 12.2. The highest BCUT2D eigenvalue weighted by Crippen LogP contribution is 2.60. The van der Waals surface area contributed by atoms with Gasteiger partial charge in [0.15, 0.2) is 0 Å². The van der Waals surface area contributed by atoms with E-state index in [0.717, 1.165) is 11.1 Å². The van der Waals surface area contributed by atoms with Crippen LogP contribution in [0.5, 0.6) is 0 Å². The van der Waals surface area contributed by atoms with Gasteiger partial charge in [-0.05, 0) is 37.8 Å². The van der Waals surface area contributed by atoms with Crippen molar-refractivity contribution >= 4 is 17.7 Å². The number of hydrogen-bond donors (Lipinski definition) is 1. The Hall–Kier alpha value is -3.75. The number of aliphatic hydroxyl groups is 1. The molecule has 0 aliphatic carbocycles. The Morgan fingerprint density at radius 1 is 1.05 bits per heavy atom. The number of likely N-dealkylation sites (tertiary alicyclic amines) is 1. The van der Waals surface area contributed by atoms with Gasteiger partial charge in [0.1, 0.15) is 11.6 Å². The summed E-state index contributed by atoms with van der Waals surface area (Å²) in [6.07, 6.45) is 3.95. The minimum atomic E-state index is -1.16. The van der Waals surface area contributed by atoms with E-state index in [9.17, 15) is 19.5 Å². The number of carbonyl (C=O) groups is 3. The first-order valence-corrected chi connectivity index (χ1v) is 14.8. The average Bonchev–Trinajstić information content (AvgIpc) is 3.64. The summed E-state index contributed by atoms with van der Waals surface area (Å²) in [4.78, 5) is 48.4. The van der Waals surface area contributed by atoms with E-state index in [1.807, 2.05) is 74.5 Å². The largest absolute Gasteiger partial charge is 0.394 e. The van der Waals surface area contributed by atoms with E-state index in [4.69, 9.17) is 4.74 Å². The molecule has 8 heteroatoms. The molecule has 3 heterocycles. The standard InChI is InChI=1S/C34H41N3O5/c1-5-19-35(21-24-13-9-7-10-14-24)31(39)28-27-17-18-34(42-27)29(28)32(40)37(26(22-38)25-15-11-8-12-16-25)30(34)33(41)36(20-6-2)23(3)4/h5-16,23,26-30,38H,1-2,17-22H2,3-4H3/t26-,27-,28+,29+,30?,34?/m1/s1. The van der Waals surface area contributed by atoms with Crippen molar-refractivity contribution in [2.45, 2.75) is 63.1 Å². The number of carbonyl (C=O) groups excluding carboxylic acids is 3. The molecule has 2 aromatic carbocycles. The van der Waals surface area contributed by atoms with Crippen LogP contribution < -0.4 is 0 Å². The highest BCUT2D eigenvalue weighted by atomic mass is 16.5. The molecule has 6 atom stereocenters. The lowest BCUT2D eigenvalue weighted by atomic mass is 9.70. The van der Waals surface area contributed by atoms with Gasteiger partial charge in [-0.25, -0.2) is 0 Å². The van der Waals surface area contributed by atoms with Gasteiger partial charge in [-0.15, -0.1) is 13.2 Å². The zero-order valence-electron chi connectivity index (χ0n) is 24.5. The van der Waals surface area contributed by atoms with E-state index in [0.29, 0.717) is 32.5 Å². The Balaban J connectivity index is 1.58. The average molecular weight is 572 g/mol. The van der Waals surface area contributed by atoms with Crippen LogP contribution in [0.2, 0.25) is 0 Å². The van der Waals surface area contributed by atoms with Crippen molar-refractivity contribution < 1.29 is 24.2 Å². The van der Waals surface area contributed by atoms with Gasteiger partial charge in [0, 0.05) is 25.7 Å². The van der Waals surface area contributed by atoms with Crippen LogP contribution in [-0.4, -0.2) is 81.0 Å². The molecule has 3 aliphatic heterocycles. The van der Waals surface area contributed by atoms with Crippen molar-refractivity contribution in [2.75, 3.05) is 19.7 Å². The van der Waals surface area contributed by atoms with Crippen LogP contribution in [-0.2, 0) is 25.7 Å². The maximum atomic E-state index is 14.6. The van der Waals surface area contributed by atoms with Gasteiger partial charge < -0.3 is 24.5 Å². The van der Waals surface area contributed by atoms with Crippen molar-refractivity contribution in [3.63, 3.8) is 0 Å². The summed E-state index contributed by atoms with van der Waals surface area (Å²) < 4.78 is 6.68. The highest BCUT2D eigenvalue weighted by molar-refractivity contribution is 5.99. The highest BCUT2D eigenvalue weighted by Gasteiger charge is 2.75. The van der Waals surface area contributed by atoms with Crippen LogP contribution in [0.4, 0.5) is 0 Å². The Morgan fingerprint density at radius 3 is 2.29 bits per heavy atom. The number of ether oxygens (including phenoxy) is 1. The minimum absolute atomic E-state index is 0.155. The second kappa shape index (κ2) is 12.2. The van der Waals surface area contributed by atoms with Crippen LogP contribution in [0.25, 0.3) is 0 Å². The fourth-order valence-electron chi connectivity index (χ4n) is 7.27. The van der Waals surface area contributed by atoms with E-state index in [1.165, 1.54) is 4.90 Å². The Bertz CT molecular complexity index is 1310. The summed E-state index contributed by atoms with van der Waals surface area (Å²) in [5.74, 6) is -2.33. The minimum Gasteiger partial charge on any atom is -0.394 e. The van der Waals surface area contributed by atoms with Gasteiger partial charge in [0.05, 0.1) is 30.6 Å². The fraction of sp³-hybridized carbons (Fsp3) is 0.441. The monoisotopic (exact) mass is 571 g/mol. The van der Waals surface area contributed by atoms with E-state index in [1.54, 1.807) is 22.0 Å². The molecule has 2 bridgehead atoms. The van der Waals surface area contributed by atoms with Gasteiger partial charge in [0.25, 0.3) is 0 Å². The van der Waals surface area contributed by atoms with E-state index >= 15 is 0 Å². The zero-order chi connectivity index (χ0) is 30.0. The number of nitrogens with zero attached hydrogens (tertiary/aromatic N) is 3. The molecule has 3 amide bonds. The van der Waals surface area contributed by atoms with Crippen molar-refractivity contribution in [3.8, 4) is 0 Å². The van der Waals surface area contributed by atoms with Gasteiger partial charge in [0.2, 0.25) is 17.7 Å². The molecule has 0 aromatic heterocycles. The van der Waals surface area contributed by atoms with Crippen LogP contribution in [0.1, 0.15) is 43.9 Å². The molecule has 42 heavy (non-hydrogen) atoms. The molecule has 222 valence electrons. The summed E-state index contributed by atoms with van der Waals surface area (Å²) in [5.41, 5.74) is 0.528. The van der Waals surface area contributed by atoms with Crippen LogP contribution in [0.3, 0.4) is 0 Å². The van der Waals surface area contributed by atoms with Gasteiger partial charge >= 0.3 is 0 Å². The molecule has 8 nitrogen and oxygen atoms in total. The number of benzene rings is 2. The molecule has 5 rings (SSSR count). The third kappa shape index (κ3) is 4.96. The van der Waals surface area contributed by atoms with Crippen molar-refractivity contribution in [1.29, 1.82) is 0 Å². The predicted molar refractivity (Wildman–Crippen MR) is 160 cm³/mol. The molecule has 1 N–H and O–H groups in total. The Morgan fingerprint density at radius 2 is 1.69 bits per heavy atom. The molecule has 3 aliphatic rings. The van der Waals surface area contributed by atoms with Gasteiger partial charge in [-0.1, -0.05) is 72.8 Å². The topological polar surface area (TPSA) is 90.4 Å². The maximum absolute atomic E-state index is 14.6. The number of amides is 3. The Kier molecular flexibility index (Phi) is 8.66. The molecule has 2 unspecified atom stereocenters. The second-order valence-corrected chi connectivity index (χ2v) is 11.8. The number of rotatable bonds is 12. The van der Waals surface area contributed by atoms with Crippen molar-refractivity contribution in [3.05, 3.63) is 97.1 Å². The maximum Gasteiger partial charge on any atom is 0.248 e. The lowest BCUT2D eigenvalue weighted by Gasteiger charge is -2.40. The van der Waals surface area contributed by atoms with Crippen LogP contribution >= 0.6 is 0 Å². The summed E-state index contributed by atoms with van der Waals surface area (Å²) in [7, 11) is 0. The van der Waals surface area contributed by atoms with Gasteiger partial charge in [-0.2, -0.15) is 0 Å². The van der Waals surface area contributed by atoms with Crippen molar-refractivity contribution in [1.82, 2.24) is 14.7 Å². The molecule has 0 radical (unpaired) electrons. The molecular formula is C34H41N3O5. The predicted octanol–water partition coefficient (Wildman–Crippen LogP) is 3.73. The molecule has 1 spiro atoms. The smallest absolute Gasteiger partial charge is 0.248 e. The first-order valence-electron chi connectivity index (χ1n) is 14.8. The van der Waals surface area contributed by atoms with E-state index < -0.39 is 35.6 Å². The molecule has 0 saturated carbocycles. The van der Waals surface area contributed by atoms with E-state index in [-0.39, 0.29) is 30.4 Å². The Labute approximate surface area is 248 Å². The third-order valence-corrected chi connectivity index (χ3v) is 9.06. The molecular weight excluding hydrogens is 530 g/mol. The summed E-state index contributed by atoms with van der Waals surface area (Å²) in [6, 6.07) is 17.1. The zero-order valence-corrected chi connectivity index (χ0v) is 24.5.